The number of nitrogens with one attached hydrogen (secondary N) is 2. The molecule has 7 nitrogen and oxygen atoms in total. The monoisotopic (exact) mass is 410 g/mol. The second-order valence-electron chi connectivity index (χ2n) is 7.48. The quantitative estimate of drug-likeness (QED) is 0.446. The molecular formula is C24H22N6O. The molecule has 5 aromatic rings. The highest BCUT2D eigenvalue weighted by molar-refractivity contribution is 6.01. The van der Waals surface area contributed by atoms with Crippen molar-refractivity contribution in [3.05, 3.63) is 84.2 Å². The van der Waals surface area contributed by atoms with Crippen molar-refractivity contribution >= 4 is 33.8 Å². The van der Waals surface area contributed by atoms with Crippen LogP contribution in [0.3, 0.4) is 0 Å². The van der Waals surface area contributed by atoms with Gasteiger partial charge >= 0.3 is 0 Å². The van der Waals surface area contributed by atoms with E-state index in [1.165, 1.54) is 12.5 Å². The van der Waals surface area contributed by atoms with Gasteiger partial charge in [0.15, 0.2) is 5.82 Å². The van der Waals surface area contributed by atoms with Crippen molar-refractivity contribution in [2.75, 3.05) is 10.6 Å². The molecule has 2 aromatic carbocycles. The fraction of sp³-hybridized carbons (Fsp3) is 0.125. The van der Waals surface area contributed by atoms with Crippen molar-refractivity contribution < 1.29 is 4.79 Å². The number of fused-ring (bicyclic) bond motifs is 2. The fourth-order valence-electron chi connectivity index (χ4n) is 3.86. The minimum absolute atomic E-state index is 0.102. The van der Waals surface area contributed by atoms with Crippen molar-refractivity contribution in [1.82, 2.24) is 19.2 Å². The number of carbonyl (C=O) groups excluding carboxylic acids is 1. The van der Waals surface area contributed by atoms with E-state index in [1.54, 1.807) is 0 Å². The van der Waals surface area contributed by atoms with E-state index < -0.39 is 0 Å². The lowest BCUT2D eigenvalue weighted by atomic mass is 10.2. The number of hydrogen-bond donors (Lipinski definition) is 2. The van der Waals surface area contributed by atoms with Crippen LogP contribution in [0.2, 0.25) is 0 Å². The Morgan fingerprint density at radius 1 is 1.00 bits per heavy atom. The summed E-state index contributed by atoms with van der Waals surface area (Å²) in [7, 11) is 0. The summed E-state index contributed by atoms with van der Waals surface area (Å²) in [5.41, 5.74) is 4.77. The van der Waals surface area contributed by atoms with Gasteiger partial charge in [-0.2, -0.15) is 4.98 Å². The second kappa shape index (κ2) is 7.60. The largest absolute Gasteiger partial charge is 0.364 e. The van der Waals surface area contributed by atoms with Crippen LogP contribution in [-0.4, -0.2) is 25.1 Å². The Morgan fingerprint density at radius 2 is 1.81 bits per heavy atom. The number of aryl methyl sites for hydroxylation is 1. The fourth-order valence-corrected chi connectivity index (χ4v) is 3.86. The highest BCUT2D eigenvalue weighted by Gasteiger charge is 2.16. The third-order valence-corrected chi connectivity index (χ3v) is 5.22. The minimum Gasteiger partial charge on any atom is -0.364 e. The zero-order chi connectivity index (χ0) is 21.4. The van der Waals surface area contributed by atoms with Crippen LogP contribution in [0.15, 0.2) is 72.9 Å². The summed E-state index contributed by atoms with van der Waals surface area (Å²) in [6.45, 7) is 4.19. The molecule has 0 radical (unpaired) electrons. The first-order valence-corrected chi connectivity index (χ1v) is 10.1. The smallest absolute Gasteiger partial charge is 0.254 e. The highest BCUT2D eigenvalue weighted by Crippen LogP contribution is 2.29. The van der Waals surface area contributed by atoms with Gasteiger partial charge in [0, 0.05) is 30.7 Å². The SMILES string of the molecule is CC(=O)Nc1cccc2c1cc(C)n2-c1nc(NCc2ccccc2)c2cccn2n1. The van der Waals surface area contributed by atoms with Gasteiger partial charge in [-0.1, -0.05) is 36.4 Å². The molecule has 0 aliphatic rings. The zero-order valence-electron chi connectivity index (χ0n) is 17.3. The van der Waals surface area contributed by atoms with Crippen molar-refractivity contribution in [2.24, 2.45) is 0 Å². The van der Waals surface area contributed by atoms with Gasteiger partial charge in [0.2, 0.25) is 5.91 Å². The van der Waals surface area contributed by atoms with Gasteiger partial charge in [-0.15, -0.1) is 5.10 Å². The maximum atomic E-state index is 11.6. The van der Waals surface area contributed by atoms with E-state index in [1.807, 2.05) is 76.8 Å². The van der Waals surface area contributed by atoms with Crippen LogP contribution in [0.1, 0.15) is 18.2 Å². The maximum Gasteiger partial charge on any atom is 0.254 e. The summed E-state index contributed by atoms with van der Waals surface area (Å²) in [5.74, 6) is 1.22. The van der Waals surface area contributed by atoms with Crippen LogP contribution in [0.4, 0.5) is 11.5 Å². The van der Waals surface area contributed by atoms with E-state index in [9.17, 15) is 4.79 Å². The number of aromatic nitrogens is 4. The molecule has 5 rings (SSSR count). The standard InChI is InChI=1S/C24H22N6O/c1-16-14-19-20(26-17(2)31)10-6-11-21(19)30(16)24-27-23(22-12-7-13-29(22)28-24)25-15-18-8-4-3-5-9-18/h3-14H,15H2,1-2H3,(H,26,31)(H,25,27,28). The highest BCUT2D eigenvalue weighted by atomic mass is 16.1. The molecule has 154 valence electrons. The average Bonchev–Trinajstić information content (AvgIpc) is 3.36. The summed E-state index contributed by atoms with van der Waals surface area (Å²) in [6.07, 6.45) is 1.91. The van der Waals surface area contributed by atoms with Crippen LogP contribution < -0.4 is 10.6 Å². The Balaban J connectivity index is 1.61. The molecule has 1 amide bonds. The third-order valence-electron chi connectivity index (χ3n) is 5.22. The molecule has 0 bridgehead atoms. The lowest BCUT2D eigenvalue weighted by Gasteiger charge is -2.12. The lowest BCUT2D eigenvalue weighted by Crippen LogP contribution is -2.11. The van der Waals surface area contributed by atoms with Crippen LogP contribution in [0.25, 0.3) is 22.4 Å². The second-order valence-corrected chi connectivity index (χ2v) is 7.48. The summed E-state index contributed by atoms with van der Waals surface area (Å²) in [5, 5.41) is 12.0. The molecule has 0 aliphatic carbocycles. The van der Waals surface area contributed by atoms with Crippen LogP contribution >= 0.6 is 0 Å². The lowest BCUT2D eigenvalue weighted by molar-refractivity contribution is -0.114. The number of anilines is 2. The molecule has 7 heteroatoms. The molecular weight excluding hydrogens is 388 g/mol. The summed E-state index contributed by atoms with van der Waals surface area (Å²) in [4.78, 5) is 16.5. The first kappa shape index (κ1) is 18.9. The average molecular weight is 410 g/mol. The molecule has 31 heavy (non-hydrogen) atoms. The van der Waals surface area contributed by atoms with E-state index in [0.29, 0.717) is 12.5 Å². The number of nitrogens with zero attached hydrogens (tertiary/aromatic N) is 4. The van der Waals surface area contributed by atoms with Crippen molar-refractivity contribution in [1.29, 1.82) is 0 Å². The molecule has 0 saturated heterocycles. The van der Waals surface area contributed by atoms with Crippen molar-refractivity contribution in [3.63, 3.8) is 0 Å². The first-order valence-electron chi connectivity index (χ1n) is 10.1. The number of rotatable bonds is 5. The van der Waals surface area contributed by atoms with E-state index in [-0.39, 0.29) is 5.91 Å². The molecule has 2 N–H and O–H groups in total. The van der Waals surface area contributed by atoms with Gasteiger partial charge in [-0.05, 0) is 42.8 Å². The Kier molecular flexibility index (Phi) is 4.63. The molecule has 0 aliphatic heterocycles. The molecule has 3 aromatic heterocycles. The number of benzene rings is 2. The van der Waals surface area contributed by atoms with Gasteiger partial charge < -0.3 is 10.6 Å². The number of carbonyl (C=O) groups is 1. The summed E-state index contributed by atoms with van der Waals surface area (Å²) < 4.78 is 3.84. The Hall–Kier alpha value is -4.13. The van der Waals surface area contributed by atoms with Crippen molar-refractivity contribution in [2.45, 2.75) is 20.4 Å². The Bertz CT molecular complexity index is 1400. The molecule has 0 spiro atoms. The maximum absolute atomic E-state index is 11.6. The van der Waals surface area contributed by atoms with Gasteiger partial charge in [-0.25, -0.2) is 4.52 Å². The molecule has 0 saturated carbocycles. The molecule has 0 fully saturated rings. The van der Waals surface area contributed by atoms with Crippen molar-refractivity contribution in [3.8, 4) is 5.95 Å². The summed E-state index contributed by atoms with van der Waals surface area (Å²) in [6, 6.07) is 22.0. The van der Waals surface area contributed by atoms with Gasteiger partial charge in [-0.3, -0.25) is 9.36 Å². The first-order chi connectivity index (χ1) is 15.1. The van der Waals surface area contributed by atoms with E-state index in [2.05, 4.69) is 22.8 Å². The predicted octanol–water partition coefficient (Wildman–Crippen LogP) is 4.55. The van der Waals surface area contributed by atoms with Crippen LogP contribution in [-0.2, 0) is 11.3 Å². The normalized spacial score (nSPS) is 11.2. The summed E-state index contributed by atoms with van der Waals surface area (Å²) >= 11 is 0. The van der Waals surface area contributed by atoms with Crippen LogP contribution in [0.5, 0.6) is 0 Å². The van der Waals surface area contributed by atoms with E-state index >= 15 is 0 Å². The van der Waals surface area contributed by atoms with Gasteiger partial charge in [0.25, 0.3) is 5.95 Å². The number of hydrogen-bond acceptors (Lipinski definition) is 4. The predicted molar refractivity (Wildman–Crippen MR) is 123 cm³/mol. The molecule has 0 atom stereocenters. The van der Waals surface area contributed by atoms with Gasteiger partial charge in [0.1, 0.15) is 5.52 Å². The van der Waals surface area contributed by atoms with Gasteiger partial charge in [0.05, 0.1) is 11.2 Å². The van der Waals surface area contributed by atoms with E-state index in [0.717, 1.165) is 33.6 Å². The molecule has 0 unspecified atom stereocenters. The Labute approximate surface area is 179 Å². The topological polar surface area (TPSA) is 76.2 Å². The van der Waals surface area contributed by atoms with Crippen LogP contribution in [0, 0.1) is 6.92 Å². The Morgan fingerprint density at radius 3 is 2.61 bits per heavy atom. The molecule has 3 heterocycles. The zero-order valence-corrected chi connectivity index (χ0v) is 17.3. The third kappa shape index (κ3) is 3.50. The van der Waals surface area contributed by atoms with E-state index in [4.69, 9.17) is 10.1 Å². The number of amides is 1. The minimum atomic E-state index is -0.102.